The summed E-state index contributed by atoms with van der Waals surface area (Å²) in [6.07, 6.45) is 3.45. The monoisotopic (exact) mass is 324 g/mol. The summed E-state index contributed by atoms with van der Waals surface area (Å²) in [5.41, 5.74) is 8.68. The standard InChI is InChI=1S/C21H28N2O/c1-3-5-15-23(20(4-2)18-9-7-6-8-10-18)21(24)16-17-11-13-19(22)14-12-17/h6-14,20H,3-5,15-16,22H2,1-2H3. The van der Waals surface area contributed by atoms with E-state index in [-0.39, 0.29) is 11.9 Å². The van der Waals surface area contributed by atoms with Crippen molar-refractivity contribution in [1.29, 1.82) is 0 Å². The number of anilines is 1. The number of benzene rings is 2. The third-order valence-electron chi connectivity index (χ3n) is 4.36. The Labute approximate surface area is 145 Å². The van der Waals surface area contributed by atoms with Gasteiger partial charge in [0.1, 0.15) is 0 Å². The van der Waals surface area contributed by atoms with E-state index in [1.54, 1.807) is 0 Å². The normalized spacial score (nSPS) is 11.9. The zero-order valence-corrected chi connectivity index (χ0v) is 14.7. The van der Waals surface area contributed by atoms with Crippen LogP contribution in [0.5, 0.6) is 0 Å². The first kappa shape index (κ1) is 18.1. The molecule has 1 amide bonds. The molecule has 0 aliphatic rings. The van der Waals surface area contributed by atoms with Crippen LogP contribution in [0.15, 0.2) is 54.6 Å². The summed E-state index contributed by atoms with van der Waals surface area (Å²) in [5, 5.41) is 0. The summed E-state index contributed by atoms with van der Waals surface area (Å²) in [4.78, 5) is 15.0. The average molecular weight is 324 g/mol. The van der Waals surface area contributed by atoms with Crippen LogP contribution < -0.4 is 5.73 Å². The Balaban J connectivity index is 2.19. The lowest BCUT2D eigenvalue weighted by Gasteiger charge is -2.32. The summed E-state index contributed by atoms with van der Waals surface area (Å²) in [6.45, 7) is 5.11. The smallest absolute Gasteiger partial charge is 0.227 e. The molecule has 0 aliphatic carbocycles. The summed E-state index contributed by atoms with van der Waals surface area (Å²) < 4.78 is 0. The van der Waals surface area contributed by atoms with E-state index in [0.29, 0.717) is 6.42 Å². The molecule has 0 aliphatic heterocycles. The fourth-order valence-corrected chi connectivity index (χ4v) is 3.01. The van der Waals surface area contributed by atoms with Gasteiger partial charge in [-0.25, -0.2) is 0 Å². The minimum Gasteiger partial charge on any atom is -0.399 e. The molecule has 2 N–H and O–H groups in total. The first-order chi connectivity index (χ1) is 11.7. The zero-order chi connectivity index (χ0) is 17.4. The number of unbranched alkanes of at least 4 members (excludes halogenated alkanes) is 1. The van der Waals surface area contributed by atoms with Gasteiger partial charge in [-0.1, -0.05) is 62.7 Å². The molecule has 0 spiro atoms. The first-order valence-electron chi connectivity index (χ1n) is 8.84. The van der Waals surface area contributed by atoms with Crippen molar-refractivity contribution in [2.75, 3.05) is 12.3 Å². The van der Waals surface area contributed by atoms with Crippen molar-refractivity contribution in [3.63, 3.8) is 0 Å². The molecule has 3 heteroatoms. The van der Waals surface area contributed by atoms with Crippen LogP contribution in [0.1, 0.15) is 50.3 Å². The fraction of sp³-hybridized carbons (Fsp3) is 0.381. The second-order valence-electron chi connectivity index (χ2n) is 6.19. The highest BCUT2D eigenvalue weighted by Gasteiger charge is 2.23. The molecule has 3 nitrogen and oxygen atoms in total. The molecule has 0 saturated carbocycles. The predicted octanol–water partition coefficient (Wildman–Crippen LogP) is 4.59. The van der Waals surface area contributed by atoms with Crippen LogP contribution in [0.4, 0.5) is 5.69 Å². The first-order valence-corrected chi connectivity index (χ1v) is 8.84. The van der Waals surface area contributed by atoms with Gasteiger partial charge in [-0.05, 0) is 36.1 Å². The molecule has 0 heterocycles. The lowest BCUT2D eigenvalue weighted by atomic mass is 10.0. The largest absolute Gasteiger partial charge is 0.399 e. The number of hydrogen-bond donors (Lipinski definition) is 1. The lowest BCUT2D eigenvalue weighted by Crippen LogP contribution is -2.36. The molecule has 0 bridgehead atoms. The van der Waals surface area contributed by atoms with Gasteiger partial charge in [0.2, 0.25) is 5.91 Å². The van der Waals surface area contributed by atoms with Crippen LogP contribution in [0, 0.1) is 0 Å². The highest BCUT2D eigenvalue weighted by molar-refractivity contribution is 5.79. The van der Waals surface area contributed by atoms with Crippen LogP contribution in [0.2, 0.25) is 0 Å². The molecule has 1 atom stereocenters. The fourth-order valence-electron chi connectivity index (χ4n) is 3.01. The molecule has 0 radical (unpaired) electrons. The third kappa shape index (κ3) is 4.85. The minimum atomic E-state index is 0.138. The SMILES string of the molecule is CCCCN(C(=O)Cc1ccc(N)cc1)C(CC)c1ccccc1. The van der Waals surface area contributed by atoms with Gasteiger partial charge < -0.3 is 10.6 Å². The molecule has 24 heavy (non-hydrogen) atoms. The third-order valence-corrected chi connectivity index (χ3v) is 4.36. The maximum Gasteiger partial charge on any atom is 0.227 e. The number of hydrogen-bond acceptors (Lipinski definition) is 2. The van der Waals surface area contributed by atoms with Crippen molar-refractivity contribution in [2.45, 2.75) is 45.6 Å². The Morgan fingerprint density at radius 2 is 1.71 bits per heavy atom. The topological polar surface area (TPSA) is 46.3 Å². The maximum atomic E-state index is 13.0. The van der Waals surface area contributed by atoms with Crippen LogP contribution in [-0.2, 0) is 11.2 Å². The van der Waals surface area contributed by atoms with Gasteiger partial charge in [-0.3, -0.25) is 4.79 Å². The molecule has 2 rings (SSSR count). The van der Waals surface area contributed by atoms with Crippen LogP contribution in [0.25, 0.3) is 0 Å². The Bertz CT molecular complexity index is 622. The number of nitrogen functional groups attached to an aromatic ring is 1. The van der Waals surface area contributed by atoms with E-state index in [0.717, 1.165) is 37.1 Å². The van der Waals surface area contributed by atoms with Crippen molar-refractivity contribution in [2.24, 2.45) is 0 Å². The summed E-state index contributed by atoms with van der Waals surface area (Å²) in [5.74, 6) is 0.184. The molecular weight excluding hydrogens is 296 g/mol. The second kappa shape index (κ2) is 9.11. The van der Waals surface area contributed by atoms with Crippen molar-refractivity contribution in [1.82, 2.24) is 4.90 Å². The second-order valence-corrected chi connectivity index (χ2v) is 6.19. The predicted molar refractivity (Wildman–Crippen MR) is 101 cm³/mol. The van der Waals surface area contributed by atoms with Crippen LogP contribution in [-0.4, -0.2) is 17.4 Å². The molecule has 1 unspecified atom stereocenters. The quantitative estimate of drug-likeness (QED) is 0.722. The van der Waals surface area contributed by atoms with Crippen LogP contribution >= 0.6 is 0 Å². The highest BCUT2D eigenvalue weighted by Crippen LogP contribution is 2.25. The summed E-state index contributed by atoms with van der Waals surface area (Å²) >= 11 is 0. The van der Waals surface area contributed by atoms with Crippen molar-refractivity contribution >= 4 is 11.6 Å². The molecule has 0 aromatic heterocycles. The van der Waals surface area contributed by atoms with Gasteiger partial charge in [0.15, 0.2) is 0 Å². The number of amides is 1. The Morgan fingerprint density at radius 3 is 2.29 bits per heavy atom. The van der Waals surface area contributed by atoms with Crippen molar-refractivity contribution in [3.05, 3.63) is 65.7 Å². The van der Waals surface area contributed by atoms with Gasteiger partial charge in [0.05, 0.1) is 12.5 Å². The van der Waals surface area contributed by atoms with Gasteiger partial charge in [0.25, 0.3) is 0 Å². The molecule has 128 valence electrons. The Morgan fingerprint density at radius 1 is 1.04 bits per heavy atom. The minimum absolute atomic E-state index is 0.138. The molecular formula is C21H28N2O. The number of carbonyl (C=O) groups is 1. The lowest BCUT2D eigenvalue weighted by molar-refractivity contribution is -0.133. The Hall–Kier alpha value is -2.29. The van der Waals surface area contributed by atoms with Gasteiger partial charge in [0, 0.05) is 12.2 Å². The summed E-state index contributed by atoms with van der Waals surface area (Å²) in [7, 11) is 0. The molecule has 2 aromatic carbocycles. The Kier molecular flexibility index (Phi) is 6.86. The number of nitrogens with zero attached hydrogens (tertiary/aromatic N) is 1. The van der Waals surface area contributed by atoms with Gasteiger partial charge >= 0.3 is 0 Å². The zero-order valence-electron chi connectivity index (χ0n) is 14.7. The van der Waals surface area contributed by atoms with E-state index in [4.69, 9.17) is 5.73 Å². The maximum absolute atomic E-state index is 13.0. The van der Waals surface area contributed by atoms with Crippen LogP contribution in [0.3, 0.4) is 0 Å². The van der Waals surface area contributed by atoms with E-state index in [2.05, 4.69) is 30.9 Å². The molecule has 0 fully saturated rings. The van der Waals surface area contributed by atoms with E-state index in [1.807, 2.05) is 42.5 Å². The summed E-state index contributed by atoms with van der Waals surface area (Å²) in [6, 6.07) is 18.1. The van der Waals surface area contributed by atoms with E-state index < -0.39 is 0 Å². The highest BCUT2D eigenvalue weighted by atomic mass is 16.2. The van der Waals surface area contributed by atoms with E-state index in [1.165, 1.54) is 5.56 Å². The van der Waals surface area contributed by atoms with Crippen molar-refractivity contribution in [3.8, 4) is 0 Å². The van der Waals surface area contributed by atoms with Crippen molar-refractivity contribution < 1.29 is 4.79 Å². The number of rotatable bonds is 8. The van der Waals surface area contributed by atoms with Gasteiger partial charge in [-0.15, -0.1) is 0 Å². The molecule has 0 saturated heterocycles. The van der Waals surface area contributed by atoms with Gasteiger partial charge in [-0.2, -0.15) is 0 Å². The number of carbonyl (C=O) groups excluding carboxylic acids is 1. The van der Waals surface area contributed by atoms with E-state index in [9.17, 15) is 4.79 Å². The number of nitrogens with two attached hydrogens (primary N) is 1. The van der Waals surface area contributed by atoms with E-state index >= 15 is 0 Å². The molecule has 2 aromatic rings. The average Bonchev–Trinajstić information content (AvgIpc) is 2.61.